The molecule has 0 spiro atoms. The van der Waals surface area contributed by atoms with E-state index in [-0.39, 0.29) is 17.6 Å². The predicted molar refractivity (Wildman–Crippen MR) is 52.4 cm³/mol. The van der Waals surface area contributed by atoms with Crippen molar-refractivity contribution in [3.63, 3.8) is 0 Å². The molecule has 1 heterocycles. The monoisotopic (exact) mass is 202 g/mol. The lowest BCUT2D eigenvalue weighted by atomic mass is 10.0. The molecule has 0 aliphatic carbocycles. The molecule has 2 atom stereocenters. The molecule has 5 heteroatoms. The highest BCUT2D eigenvalue weighted by atomic mass is 16.5. The SMILES string of the molecule is CC(C)(C)N[C@@H]1COC[C@@H]1NC(=O)O. The van der Waals surface area contributed by atoms with Gasteiger partial charge in [-0.2, -0.15) is 0 Å². The first-order valence-electron chi connectivity index (χ1n) is 4.73. The van der Waals surface area contributed by atoms with Gasteiger partial charge in [-0.05, 0) is 20.8 Å². The minimum atomic E-state index is -0.999. The van der Waals surface area contributed by atoms with Crippen LogP contribution >= 0.6 is 0 Å². The van der Waals surface area contributed by atoms with Crippen LogP contribution in [0.3, 0.4) is 0 Å². The molecule has 0 aromatic rings. The predicted octanol–water partition coefficient (Wildman–Crippen LogP) is 0.409. The van der Waals surface area contributed by atoms with E-state index in [1.54, 1.807) is 0 Å². The molecule has 0 saturated carbocycles. The summed E-state index contributed by atoms with van der Waals surface area (Å²) < 4.78 is 5.23. The van der Waals surface area contributed by atoms with Crippen LogP contribution in [0.1, 0.15) is 20.8 Å². The maximum Gasteiger partial charge on any atom is 0.405 e. The Bertz CT molecular complexity index is 213. The van der Waals surface area contributed by atoms with Gasteiger partial charge in [0, 0.05) is 5.54 Å². The lowest BCUT2D eigenvalue weighted by Crippen LogP contribution is -2.54. The van der Waals surface area contributed by atoms with Gasteiger partial charge in [0.2, 0.25) is 0 Å². The van der Waals surface area contributed by atoms with Crippen molar-refractivity contribution >= 4 is 6.09 Å². The maximum atomic E-state index is 10.5. The molecule has 1 amide bonds. The van der Waals surface area contributed by atoms with Crippen molar-refractivity contribution in [2.75, 3.05) is 13.2 Å². The van der Waals surface area contributed by atoms with Gasteiger partial charge in [0.1, 0.15) is 0 Å². The van der Waals surface area contributed by atoms with Gasteiger partial charge in [0.25, 0.3) is 0 Å². The molecule has 5 nitrogen and oxygen atoms in total. The van der Waals surface area contributed by atoms with Gasteiger partial charge in [-0.25, -0.2) is 4.79 Å². The second kappa shape index (κ2) is 4.14. The van der Waals surface area contributed by atoms with Gasteiger partial charge in [-0.15, -0.1) is 0 Å². The van der Waals surface area contributed by atoms with Crippen LogP contribution in [0.2, 0.25) is 0 Å². The topological polar surface area (TPSA) is 70.6 Å². The van der Waals surface area contributed by atoms with Crippen LogP contribution in [0.5, 0.6) is 0 Å². The number of carbonyl (C=O) groups is 1. The van der Waals surface area contributed by atoms with E-state index in [9.17, 15) is 4.79 Å². The van der Waals surface area contributed by atoms with Crippen LogP contribution in [0.15, 0.2) is 0 Å². The zero-order chi connectivity index (χ0) is 10.8. The van der Waals surface area contributed by atoms with Gasteiger partial charge in [0.15, 0.2) is 0 Å². The number of amides is 1. The Hall–Kier alpha value is -0.810. The van der Waals surface area contributed by atoms with Gasteiger partial charge < -0.3 is 20.5 Å². The van der Waals surface area contributed by atoms with E-state index in [1.807, 2.05) is 20.8 Å². The first-order valence-corrected chi connectivity index (χ1v) is 4.73. The Morgan fingerprint density at radius 3 is 2.43 bits per heavy atom. The van der Waals surface area contributed by atoms with Gasteiger partial charge in [0.05, 0.1) is 25.3 Å². The first kappa shape index (κ1) is 11.3. The number of hydrogen-bond acceptors (Lipinski definition) is 3. The Morgan fingerprint density at radius 2 is 1.93 bits per heavy atom. The molecular weight excluding hydrogens is 184 g/mol. The van der Waals surface area contributed by atoms with Crippen LogP contribution in [0.25, 0.3) is 0 Å². The molecule has 1 saturated heterocycles. The summed E-state index contributed by atoms with van der Waals surface area (Å²) >= 11 is 0. The summed E-state index contributed by atoms with van der Waals surface area (Å²) in [5, 5.41) is 14.4. The van der Waals surface area contributed by atoms with Crippen LogP contribution in [0.4, 0.5) is 4.79 Å². The lowest BCUT2D eigenvalue weighted by Gasteiger charge is -2.28. The zero-order valence-electron chi connectivity index (χ0n) is 8.83. The molecule has 1 fully saturated rings. The zero-order valence-corrected chi connectivity index (χ0v) is 8.83. The number of hydrogen-bond donors (Lipinski definition) is 3. The second-order valence-electron chi connectivity index (χ2n) is 4.59. The fourth-order valence-electron chi connectivity index (χ4n) is 1.55. The first-order chi connectivity index (χ1) is 6.38. The Labute approximate surface area is 83.8 Å². The summed E-state index contributed by atoms with van der Waals surface area (Å²) in [7, 11) is 0. The fourth-order valence-corrected chi connectivity index (χ4v) is 1.55. The quantitative estimate of drug-likeness (QED) is 0.606. The van der Waals surface area contributed by atoms with Crippen LogP contribution in [-0.4, -0.2) is 42.0 Å². The summed E-state index contributed by atoms with van der Waals surface area (Å²) in [5.74, 6) is 0. The molecular formula is C9H18N2O3. The summed E-state index contributed by atoms with van der Waals surface area (Å²) in [6.07, 6.45) is -0.999. The third-order valence-corrected chi connectivity index (χ3v) is 2.01. The molecule has 82 valence electrons. The number of carboxylic acid groups (broad SMARTS) is 1. The van der Waals surface area contributed by atoms with Crippen molar-refractivity contribution in [3.8, 4) is 0 Å². The lowest BCUT2D eigenvalue weighted by molar-refractivity contribution is 0.174. The highest BCUT2D eigenvalue weighted by Crippen LogP contribution is 2.10. The van der Waals surface area contributed by atoms with Crippen molar-refractivity contribution in [2.24, 2.45) is 0 Å². The second-order valence-corrected chi connectivity index (χ2v) is 4.59. The third kappa shape index (κ3) is 3.51. The molecule has 0 aromatic heterocycles. The molecule has 0 bridgehead atoms. The molecule has 0 radical (unpaired) electrons. The van der Waals surface area contributed by atoms with E-state index in [0.717, 1.165) is 0 Å². The van der Waals surface area contributed by atoms with Crippen molar-refractivity contribution < 1.29 is 14.6 Å². The number of nitrogens with one attached hydrogen (secondary N) is 2. The molecule has 0 unspecified atom stereocenters. The minimum Gasteiger partial charge on any atom is -0.465 e. The van der Waals surface area contributed by atoms with Crippen molar-refractivity contribution in [2.45, 2.75) is 38.4 Å². The van der Waals surface area contributed by atoms with Crippen LogP contribution in [-0.2, 0) is 4.74 Å². The van der Waals surface area contributed by atoms with Crippen LogP contribution in [0, 0.1) is 0 Å². The van der Waals surface area contributed by atoms with E-state index >= 15 is 0 Å². The van der Waals surface area contributed by atoms with E-state index in [4.69, 9.17) is 9.84 Å². The number of rotatable bonds is 2. The van der Waals surface area contributed by atoms with Gasteiger partial charge >= 0.3 is 6.09 Å². The summed E-state index contributed by atoms with van der Waals surface area (Å²) in [5.41, 5.74) is -0.0310. The van der Waals surface area contributed by atoms with E-state index in [1.165, 1.54) is 0 Å². The Kier molecular flexibility index (Phi) is 3.34. The summed E-state index contributed by atoms with van der Waals surface area (Å²) in [6, 6.07) is -0.0853. The van der Waals surface area contributed by atoms with Crippen LogP contribution < -0.4 is 10.6 Å². The summed E-state index contributed by atoms with van der Waals surface area (Å²) in [6.45, 7) is 7.14. The van der Waals surface area contributed by atoms with Crippen molar-refractivity contribution in [1.82, 2.24) is 10.6 Å². The molecule has 1 rings (SSSR count). The van der Waals surface area contributed by atoms with Crippen molar-refractivity contribution in [3.05, 3.63) is 0 Å². The van der Waals surface area contributed by atoms with Crippen molar-refractivity contribution in [1.29, 1.82) is 0 Å². The average Bonchev–Trinajstić information content (AvgIpc) is 2.32. The molecule has 1 aliphatic rings. The van der Waals surface area contributed by atoms with E-state index in [2.05, 4.69) is 10.6 Å². The largest absolute Gasteiger partial charge is 0.465 e. The minimum absolute atomic E-state index is 0.0310. The van der Waals surface area contributed by atoms with Gasteiger partial charge in [-0.3, -0.25) is 0 Å². The molecule has 14 heavy (non-hydrogen) atoms. The fraction of sp³-hybridized carbons (Fsp3) is 0.889. The normalized spacial score (nSPS) is 27.6. The Balaban J connectivity index is 2.47. The Morgan fingerprint density at radius 1 is 1.36 bits per heavy atom. The van der Waals surface area contributed by atoms with Gasteiger partial charge in [-0.1, -0.05) is 0 Å². The molecule has 1 aliphatic heterocycles. The smallest absolute Gasteiger partial charge is 0.405 e. The number of ether oxygens (including phenoxy) is 1. The van der Waals surface area contributed by atoms with E-state index in [0.29, 0.717) is 13.2 Å². The molecule has 0 aromatic carbocycles. The van der Waals surface area contributed by atoms with E-state index < -0.39 is 6.09 Å². The summed E-state index contributed by atoms with van der Waals surface area (Å²) in [4.78, 5) is 10.5. The average molecular weight is 202 g/mol. The molecule has 3 N–H and O–H groups in total. The highest BCUT2D eigenvalue weighted by Gasteiger charge is 2.31. The maximum absolute atomic E-state index is 10.5. The standard InChI is InChI=1S/C9H18N2O3/c1-9(2,3)11-7-5-14-4-6(7)10-8(12)13/h6-7,10-11H,4-5H2,1-3H3,(H,12,13)/t6-,7+/m0/s1. The third-order valence-electron chi connectivity index (χ3n) is 2.01. The highest BCUT2D eigenvalue weighted by molar-refractivity contribution is 5.65.